The van der Waals surface area contributed by atoms with Crippen molar-refractivity contribution in [3.63, 3.8) is 0 Å². The van der Waals surface area contributed by atoms with Crippen LogP contribution in [-0.4, -0.2) is 17.2 Å². The zero-order valence-electron chi connectivity index (χ0n) is 11.3. The summed E-state index contributed by atoms with van der Waals surface area (Å²) in [5.74, 6) is -0.960. The van der Waals surface area contributed by atoms with Gasteiger partial charge in [0, 0.05) is 11.1 Å². The molecule has 0 saturated heterocycles. The fourth-order valence-electron chi connectivity index (χ4n) is 1.46. The average Bonchev–Trinajstić information content (AvgIpc) is 2.49. The van der Waals surface area contributed by atoms with Gasteiger partial charge in [0.1, 0.15) is 12.7 Å². The second-order valence-corrected chi connectivity index (χ2v) is 4.81. The lowest BCUT2D eigenvalue weighted by Gasteiger charge is -2.13. The van der Waals surface area contributed by atoms with Gasteiger partial charge in [0.15, 0.2) is 0 Å². The molecule has 0 heterocycles. The summed E-state index contributed by atoms with van der Waals surface area (Å²) in [5, 5.41) is 9.63. The first-order valence-corrected chi connectivity index (χ1v) is 6.42. The summed E-state index contributed by atoms with van der Waals surface area (Å²) in [5.41, 5.74) is 4.13. The second kappa shape index (κ2) is 7.37. The number of ether oxygens (including phenoxy) is 1. The van der Waals surface area contributed by atoms with Crippen LogP contribution in [0, 0.1) is 0 Å². The maximum atomic E-state index is 12.5. The highest BCUT2D eigenvalue weighted by atomic mass is 32.1. The molecule has 1 aromatic rings. The Morgan fingerprint density at radius 1 is 1.50 bits per heavy atom. The van der Waals surface area contributed by atoms with Crippen LogP contribution >= 0.6 is 12.6 Å². The second-order valence-electron chi connectivity index (χ2n) is 4.29. The van der Waals surface area contributed by atoms with E-state index in [1.807, 2.05) is 0 Å². The smallest absolute Gasteiger partial charge is 0.416 e. The number of nitrogens with two attached hydrogens (primary N) is 1. The number of aliphatic hydroxyl groups excluding tert-OH is 1. The Morgan fingerprint density at radius 3 is 2.68 bits per heavy atom. The zero-order valence-corrected chi connectivity index (χ0v) is 12.2. The summed E-state index contributed by atoms with van der Waals surface area (Å²) < 4.78 is 42.4. The molecule has 0 aromatic heterocycles. The lowest BCUT2D eigenvalue weighted by molar-refractivity contribution is -0.141. The lowest BCUT2D eigenvalue weighted by atomic mass is 10.1. The quantitative estimate of drug-likeness (QED) is 0.439. The van der Waals surface area contributed by atoms with Crippen molar-refractivity contribution in [2.75, 3.05) is 0 Å². The van der Waals surface area contributed by atoms with Crippen molar-refractivity contribution >= 4 is 18.6 Å². The number of alkyl halides is 3. The van der Waals surface area contributed by atoms with E-state index in [1.165, 1.54) is 12.1 Å². The molecule has 1 aromatic carbocycles. The van der Waals surface area contributed by atoms with Crippen LogP contribution in [0.2, 0.25) is 0 Å². The summed E-state index contributed by atoms with van der Waals surface area (Å²) in [6, 6.07) is 4.37. The first-order valence-electron chi connectivity index (χ1n) is 5.97. The van der Waals surface area contributed by atoms with E-state index in [1.54, 1.807) is 0 Å². The first kappa shape index (κ1) is 18.1. The average molecular weight is 333 g/mol. The van der Waals surface area contributed by atoms with Crippen LogP contribution in [0.3, 0.4) is 0 Å². The van der Waals surface area contributed by atoms with Gasteiger partial charge in [-0.1, -0.05) is 18.7 Å². The number of carbonyl (C=O) groups excluding carboxylic acids is 1. The van der Waals surface area contributed by atoms with Crippen molar-refractivity contribution in [1.29, 1.82) is 0 Å². The van der Waals surface area contributed by atoms with E-state index in [9.17, 15) is 23.1 Å². The summed E-state index contributed by atoms with van der Waals surface area (Å²) in [7, 11) is 0. The van der Waals surface area contributed by atoms with Gasteiger partial charge in [-0.15, -0.1) is 12.6 Å². The Kier molecular flexibility index (Phi) is 6.07. The molecule has 0 amide bonds. The third-order valence-corrected chi connectivity index (χ3v) is 3.06. The van der Waals surface area contributed by atoms with Crippen LogP contribution in [0.5, 0.6) is 0 Å². The molecule has 0 saturated carbocycles. The van der Waals surface area contributed by atoms with Gasteiger partial charge in [-0.2, -0.15) is 13.2 Å². The van der Waals surface area contributed by atoms with Crippen LogP contribution in [0.25, 0.3) is 0 Å². The van der Waals surface area contributed by atoms with Crippen molar-refractivity contribution in [3.05, 3.63) is 58.6 Å². The van der Waals surface area contributed by atoms with Gasteiger partial charge in [0.25, 0.3) is 0 Å². The molecule has 1 unspecified atom stereocenters. The molecule has 3 N–H and O–H groups in total. The maximum Gasteiger partial charge on any atom is 0.416 e. The van der Waals surface area contributed by atoms with E-state index in [0.717, 1.165) is 18.3 Å². The largest absolute Gasteiger partial charge is 0.457 e. The maximum absolute atomic E-state index is 12.5. The number of halogens is 3. The molecule has 1 atom stereocenters. The van der Waals surface area contributed by atoms with Crippen molar-refractivity contribution in [1.82, 2.24) is 0 Å². The molecule has 4 nitrogen and oxygen atoms in total. The minimum absolute atomic E-state index is 0.000943. The van der Waals surface area contributed by atoms with Gasteiger partial charge in [-0.05, 0) is 17.7 Å². The van der Waals surface area contributed by atoms with E-state index < -0.39 is 23.8 Å². The molecule has 22 heavy (non-hydrogen) atoms. The van der Waals surface area contributed by atoms with Crippen LogP contribution in [0.4, 0.5) is 13.2 Å². The van der Waals surface area contributed by atoms with E-state index in [2.05, 4.69) is 19.2 Å². The fraction of sp³-hybridized carbons (Fsp3) is 0.214. The van der Waals surface area contributed by atoms with Gasteiger partial charge in [-0.3, -0.25) is 0 Å². The number of esters is 1. The minimum atomic E-state index is -4.48. The number of hydrogen-bond donors (Lipinski definition) is 3. The van der Waals surface area contributed by atoms with E-state index in [0.29, 0.717) is 0 Å². The van der Waals surface area contributed by atoms with Gasteiger partial charge < -0.3 is 15.6 Å². The standard InChI is InChI=1S/C14H14F3NO3S/c1-8(12(19)11(22)6-18)13(20)21-7-9-3-2-4-10(5-9)14(15,16)17/h2-6,12,19,22H,1,7,18H2/b11-6-. The first-order chi connectivity index (χ1) is 10.2. The van der Waals surface area contributed by atoms with E-state index in [4.69, 9.17) is 10.5 Å². The highest BCUT2D eigenvalue weighted by molar-refractivity contribution is 7.84. The summed E-state index contributed by atoms with van der Waals surface area (Å²) >= 11 is 3.83. The normalized spacial score (nSPS) is 13.6. The molecule has 0 fully saturated rings. The summed E-state index contributed by atoms with van der Waals surface area (Å²) in [4.78, 5) is 11.7. The Hall–Kier alpha value is -1.93. The van der Waals surface area contributed by atoms with Gasteiger partial charge >= 0.3 is 12.1 Å². The molecule has 0 aliphatic rings. The van der Waals surface area contributed by atoms with Crippen molar-refractivity contribution in [3.8, 4) is 0 Å². The van der Waals surface area contributed by atoms with Gasteiger partial charge in [0.2, 0.25) is 0 Å². The van der Waals surface area contributed by atoms with Crippen LogP contribution < -0.4 is 5.73 Å². The van der Waals surface area contributed by atoms with E-state index in [-0.39, 0.29) is 22.6 Å². The Morgan fingerprint density at radius 2 is 2.14 bits per heavy atom. The SMILES string of the molecule is C=C(C(=O)OCc1cccc(C(F)(F)F)c1)C(O)/C(S)=C/N. The third-order valence-electron chi connectivity index (χ3n) is 2.67. The monoisotopic (exact) mass is 333 g/mol. The van der Waals surface area contributed by atoms with Crippen molar-refractivity contribution in [2.45, 2.75) is 18.9 Å². The Balaban J connectivity index is 2.71. The number of rotatable bonds is 5. The highest BCUT2D eigenvalue weighted by Crippen LogP contribution is 2.29. The molecule has 0 aliphatic carbocycles. The number of carbonyl (C=O) groups is 1. The molecular formula is C14H14F3NO3S. The fourth-order valence-corrected chi connectivity index (χ4v) is 1.62. The van der Waals surface area contributed by atoms with Crippen molar-refractivity contribution in [2.24, 2.45) is 5.73 Å². The topological polar surface area (TPSA) is 72.5 Å². The lowest BCUT2D eigenvalue weighted by Crippen LogP contribution is -2.20. The summed E-state index contributed by atoms with van der Waals surface area (Å²) in [6.45, 7) is 2.96. The van der Waals surface area contributed by atoms with Crippen LogP contribution in [0.1, 0.15) is 11.1 Å². The Bertz CT molecular complexity index is 599. The number of hydrogen-bond acceptors (Lipinski definition) is 5. The highest BCUT2D eigenvalue weighted by Gasteiger charge is 2.30. The predicted octanol–water partition coefficient (Wildman–Crippen LogP) is 2.40. The molecule has 0 aliphatic heterocycles. The molecule has 8 heteroatoms. The van der Waals surface area contributed by atoms with Crippen molar-refractivity contribution < 1.29 is 27.8 Å². The predicted molar refractivity (Wildman–Crippen MR) is 77.6 cm³/mol. The van der Waals surface area contributed by atoms with Gasteiger partial charge in [0.05, 0.1) is 11.1 Å². The summed E-state index contributed by atoms with van der Waals surface area (Å²) in [6.07, 6.45) is -4.92. The molecule has 1 rings (SSSR count). The zero-order chi connectivity index (χ0) is 16.9. The molecule has 0 bridgehead atoms. The molecule has 120 valence electrons. The minimum Gasteiger partial charge on any atom is -0.457 e. The molecule has 0 spiro atoms. The molecular weight excluding hydrogens is 319 g/mol. The Labute approximate surface area is 130 Å². The number of aliphatic hydroxyl groups is 1. The number of benzene rings is 1. The van der Waals surface area contributed by atoms with Crippen LogP contribution in [0.15, 0.2) is 47.5 Å². The number of thiol groups is 1. The van der Waals surface area contributed by atoms with E-state index >= 15 is 0 Å². The molecule has 0 radical (unpaired) electrons. The third kappa shape index (κ3) is 4.81. The van der Waals surface area contributed by atoms with Gasteiger partial charge in [-0.25, -0.2) is 4.79 Å². The van der Waals surface area contributed by atoms with Crippen LogP contribution in [-0.2, 0) is 22.3 Å².